The van der Waals surface area contributed by atoms with E-state index in [1.54, 1.807) is 14.2 Å². The number of hydrogen-bond acceptors (Lipinski definition) is 6. The molecular weight excluding hydrogens is 328 g/mol. The highest BCUT2D eigenvalue weighted by molar-refractivity contribution is 5.55. The molecule has 0 aliphatic carbocycles. The van der Waals surface area contributed by atoms with Crippen LogP contribution < -0.4 is 19.7 Å². The van der Waals surface area contributed by atoms with Gasteiger partial charge in [0.2, 0.25) is 0 Å². The number of anilines is 2. The van der Waals surface area contributed by atoms with Gasteiger partial charge in [-0.15, -0.1) is 0 Å². The molecule has 6 heteroatoms. The van der Waals surface area contributed by atoms with Crippen LogP contribution in [0.4, 0.5) is 11.5 Å². The zero-order chi connectivity index (χ0) is 18.5. The van der Waals surface area contributed by atoms with Crippen molar-refractivity contribution in [2.75, 3.05) is 37.5 Å². The molecule has 2 aromatic rings. The number of aromatic nitrogens is 2. The van der Waals surface area contributed by atoms with Crippen molar-refractivity contribution >= 4 is 11.5 Å². The Morgan fingerprint density at radius 1 is 1.12 bits per heavy atom. The second-order valence-corrected chi connectivity index (χ2v) is 6.65. The van der Waals surface area contributed by atoms with Crippen LogP contribution in [0.2, 0.25) is 0 Å². The molecule has 1 aliphatic rings. The van der Waals surface area contributed by atoms with Crippen molar-refractivity contribution in [3.8, 4) is 11.5 Å². The number of rotatable bonds is 6. The van der Waals surface area contributed by atoms with Gasteiger partial charge in [-0.25, -0.2) is 9.97 Å². The third-order valence-electron chi connectivity index (χ3n) is 4.71. The molecule has 26 heavy (non-hydrogen) atoms. The third kappa shape index (κ3) is 4.36. The summed E-state index contributed by atoms with van der Waals surface area (Å²) in [6.45, 7) is 6.03. The lowest BCUT2D eigenvalue weighted by Gasteiger charge is -2.34. The number of nitrogens with zero attached hydrogens (tertiary/aromatic N) is 3. The van der Waals surface area contributed by atoms with Crippen molar-refractivity contribution in [2.24, 2.45) is 0 Å². The lowest BCUT2D eigenvalue weighted by atomic mass is 10.0. The van der Waals surface area contributed by atoms with Crippen molar-refractivity contribution in [1.29, 1.82) is 0 Å². The zero-order valence-corrected chi connectivity index (χ0v) is 16.1. The van der Waals surface area contributed by atoms with Gasteiger partial charge >= 0.3 is 0 Å². The van der Waals surface area contributed by atoms with Gasteiger partial charge in [0.25, 0.3) is 0 Å². The number of nitrogens with one attached hydrogen (secondary N) is 1. The first-order valence-electron chi connectivity index (χ1n) is 9.20. The van der Waals surface area contributed by atoms with Gasteiger partial charge in [-0.05, 0) is 26.2 Å². The van der Waals surface area contributed by atoms with E-state index >= 15 is 0 Å². The Kier molecular flexibility index (Phi) is 5.81. The van der Waals surface area contributed by atoms with Crippen LogP contribution in [0.25, 0.3) is 0 Å². The quantitative estimate of drug-likeness (QED) is 0.855. The summed E-state index contributed by atoms with van der Waals surface area (Å²) in [4.78, 5) is 11.5. The molecule has 0 bridgehead atoms. The molecule has 0 saturated carbocycles. The summed E-state index contributed by atoms with van der Waals surface area (Å²) in [7, 11) is 3.34. The van der Waals surface area contributed by atoms with Crippen LogP contribution in [-0.2, 0) is 6.42 Å². The highest BCUT2D eigenvalue weighted by Gasteiger charge is 2.22. The van der Waals surface area contributed by atoms with E-state index < -0.39 is 0 Å². The van der Waals surface area contributed by atoms with Gasteiger partial charge in [-0.3, -0.25) is 0 Å². The van der Waals surface area contributed by atoms with Crippen LogP contribution in [0.15, 0.2) is 24.3 Å². The van der Waals surface area contributed by atoms with E-state index in [1.165, 1.54) is 0 Å². The molecule has 0 radical (unpaired) electrons. The Bertz CT molecular complexity index is 728. The molecule has 1 aliphatic heterocycles. The first-order chi connectivity index (χ1) is 12.6. The first-order valence-corrected chi connectivity index (χ1v) is 9.20. The zero-order valence-electron chi connectivity index (χ0n) is 16.1. The minimum absolute atomic E-state index is 0.348. The summed E-state index contributed by atoms with van der Waals surface area (Å²) in [6, 6.07) is 8.36. The second kappa shape index (κ2) is 8.25. The average Bonchev–Trinajstić information content (AvgIpc) is 2.67. The summed E-state index contributed by atoms with van der Waals surface area (Å²) < 4.78 is 10.7. The Hall–Kier alpha value is -2.50. The van der Waals surface area contributed by atoms with Crippen molar-refractivity contribution in [1.82, 2.24) is 9.97 Å². The fraction of sp³-hybridized carbons (Fsp3) is 0.500. The van der Waals surface area contributed by atoms with Gasteiger partial charge in [0.15, 0.2) is 0 Å². The number of aryl methyl sites for hydroxylation is 2. The highest BCUT2D eigenvalue weighted by atomic mass is 16.5. The summed E-state index contributed by atoms with van der Waals surface area (Å²) >= 11 is 0. The molecule has 1 N–H and O–H groups in total. The molecule has 2 heterocycles. The molecule has 1 fully saturated rings. The standard InChI is InChI=1S/C20H28N4O2/c1-5-15-11-20(22-14(2)21-15)24-8-6-7-16(13-24)23-17-9-18(25-3)12-19(10-17)26-4/h9-12,16,23H,5-8,13H2,1-4H3. The van der Waals surface area contributed by atoms with E-state index in [0.29, 0.717) is 6.04 Å². The van der Waals surface area contributed by atoms with E-state index in [1.807, 2.05) is 25.1 Å². The molecule has 0 amide bonds. The number of benzene rings is 1. The van der Waals surface area contributed by atoms with Crippen molar-refractivity contribution in [3.63, 3.8) is 0 Å². The number of ether oxygens (including phenoxy) is 2. The predicted molar refractivity (Wildman–Crippen MR) is 105 cm³/mol. The van der Waals surface area contributed by atoms with Crippen LogP contribution >= 0.6 is 0 Å². The largest absolute Gasteiger partial charge is 0.497 e. The normalized spacial score (nSPS) is 17.1. The van der Waals surface area contributed by atoms with Crippen LogP contribution in [0.1, 0.15) is 31.3 Å². The SMILES string of the molecule is CCc1cc(N2CCCC(Nc3cc(OC)cc(OC)c3)C2)nc(C)n1. The maximum atomic E-state index is 5.37. The molecule has 1 aromatic heterocycles. The van der Waals surface area contributed by atoms with E-state index in [4.69, 9.17) is 9.47 Å². The van der Waals surface area contributed by atoms with Crippen LogP contribution in [-0.4, -0.2) is 43.3 Å². The summed E-state index contributed by atoms with van der Waals surface area (Å²) in [5.41, 5.74) is 2.11. The Labute approximate surface area is 155 Å². The Balaban J connectivity index is 1.74. The predicted octanol–water partition coefficient (Wildman–Crippen LogP) is 3.45. The fourth-order valence-corrected chi connectivity index (χ4v) is 3.38. The first kappa shape index (κ1) is 18.3. The van der Waals surface area contributed by atoms with Crippen LogP contribution in [0.5, 0.6) is 11.5 Å². The number of methoxy groups -OCH3 is 2. The van der Waals surface area contributed by atoms with E-state index in [9.17, 15) is 0 Å². The molecule has 6 nitrogen and oxygen atoms in total. The van der Waals surface area contributed by atoms with E-state index in [0.717, 1.165) is 66.9 Å². The fourth-order valence-electron chi connectivity index (χ4n) is 3.38. The van der Waals surface area contributed by atoms with Crippen LogP contribution in [0, 0.1) is 6.92 Å². The topological polar surface area (TPSA) is 59.5 Å². The molecule has 1 aromatic carbocycles. The van der Waals surface area contributed by atoms with Crippen molar-refractivity contribution < 1.29 is 9.47 Å². The average molecular weight is 356 g/mol. The van der Waals surface area contributed by atoms with Crippen LogP contribution in [0.3, 0.4) is 0 Å². The number of piperidine rings is 1. The van der Waals surface area contributed by atoms with Gasteiger partial charge < -0.3 is 19.7 Å². The maximum absolute atomic E-state index is 5.37. The van der Waals surface area contributed by atoms with E-state index in [-0.39, 0.29) is 0 Å². The summed E-state index contributed by atoms with van der Waals surface area (Å²) in [5, 5.41) is 3.63. The van der Waals surface area contributed by atoms with Gasteiger partial charge in [0, 0.05) is 54.8 Å². The summed E-state index contributed by atoms with van der Waals surface area (Å²) in [6.07, 6.45) is 3.18. The lowest BCUT2D eigenvalue weighted by Crippen LogP contribution is -2.42. The molecule has 1 atom stereocenters. The van der Waals surface area contributed by atoms with Gasteiger partial charge in [0.05, 0.1) is 14.2 Å². The Morgan fingerprint density at radius 2 is 1.85 bits per heavy atom. The van der Waals surface area contributed by atoms with Gasteiger partial charge in [-0.1, -0.05) is 6.92 Å². The highest BCUT2D eigenvalue weighted by Crippen LogP contribution is 2.28. The minimum Gasteiger partial charge on any atom is -0.497 e. The molecule has 0 spiro atoms. The molecule has 1 saturated heterocycles. The molecule has 3 rings (SSSR count). The third-order valence-corrected chi connectivity index (χ3v) is 4.71. The maximum Gasteiger partial charge on any atom is 0.132 e. The van der Waals surface area contributed by atoms with Gasteiger partial charge in [-0.2, -0.15) is 0 Å². The lowest BCUT2D eigenvalue weighted by molar-refractivity contribution is 0.394. The van der Waals surface area contributed by atoms with Crippen molar-refractivity contribution in [3.05, 3.63) is 35.8 Å². The smallest absolute Gasteiger partial charge is 0.132 e. The van der Waals surface area contributed by atoms with Crippen molar-refractivity contribution in [2.45, 2.75) is 39.2 Å². The molecule has 140 valence electrons. The second-order valence-electron chi connectivity index (χ2n) is 6.65. The van der Waals surface area contributed by atoms with Gasteiger partial charge in [0.1, 0.15) is 23.1 Å². The molecule has 1 unspecified atom stereocenters. The molecular formula is C20H28N4O2. The van der Waals surface area contributed by atoms with E-state index in [2.05, 4.69) is 33.2 Å². The Morgan fingerprint density at radius 3 is 2.50 bits per heavy atom. The number of hydrogen-bond donors (Lipinski definition) is 1. The monoisotopic (exact) mass is 356 g/mol. The minimum atomic E-state index is 0.348. The summed E-state index contributed by atoms with van der Waals surface area (Å²) in [5.74, 6) is 3.45.